The highest BCUT2D eigenvalue weighted by molar-refractivity contribution is 5.26. The Labute approximate surface area is 97.0 Å². The first-order valence-corrected chi connectivity index (χ1v) is 5.99. The minimum Gasteiger partial charge on any atom is -0.392 e. The van der Waals surface area contributed by atoms with E-state index in [1.165, 1.54) is 18.4 Å². The van der Waals surface area contributed by atoms with Crippen LogP contribution in [0.15, 0.2) is 29.3 Å². The molecule has 0 unspecified atom stereocenters. The summed E-state index contributed by atoms with van der Waals surface area (Å²) >= 11 is 0. The van der Waals surface area contributed by atoms with Gasteiger partial charge < -0.3 is 5.11 Å². The van der Waals surface area contributed by atoms with E-state index < -0.39 is 0 Å². The molecule has 0 radical (unpaired) electrons. The van der Waals surface area contributed by atoms with Crippen LogP contribution in [0.2, 0.25) is 0 Å². The number of aliphatic hydroxyl groups is 1. The highest BCUT2D eigenvalue weighted by Crippen LogP contribution is 2.33. The summed E-state index contributed by atoms with van der Waals surface area (Å²) < 4.78 is 0. The number of aliphatic imine (C=N–C) groups is 1. The van der Waals surface area contributed by atoms with E-state index in [1.807, 2.05) is 12.1 Å². The number of rotatable bonds is 3. The number of hydrogen-bond acceptors (Lipinski definition) is 2. The molecule has 0 spiro atoms. The molecule has 0 amide bonds. The first-order valence-electron chi connectivity index (χ1n) is 5.99. The highest BCUT2D eigenvalue weighted by Gasteiger charge is 2.20. The van der Waals surface area contributed by atoms with Gasteiger partial charge in [0.15, 0.2) is 0 Å². The van der Waals surface area contributed by atoms with Crippen molar-refractivity contribution < 1.29 is 5.11 Å². The molecule has 1 N–H and O–H groups in total. The lowest BCUT2D eigenvalue weighted by Gasteiger charge is -2.26. The van der Waals surface area contributed by atoms with Crippen molar-refractivity contribution in [1.29, 1.82) is 0 Å². The summed E-state index contributed by atoms with van der Waals surface area (Å²) in [5.41, 5.74) is 2.39. The third kappa shape index (κ3) is 2.50. The van der Waals surface area contributed by atoms with Gasteiger partial charge in [0, 0.05) is 6.04 Å². The van der Waals surface area contributed by atoms with Gasteiger partial charge in [0.25, 0.3) is 0 Å². The Kier molecular flexibility index (Phi) is 3.73. The molecule has 1 aliphatic carbocycles. The van der Waals surface area contributed by atoms with Crippen LogP contribution in [-0.4, -0.2) is 17.9 Å². The van der Waals surface area contributed by atoms with Crippen LogP contribution >= 0.6 is 0 Å². The fraction of sp³-hybridized carbons (Fsp3) is 0.500. The molecular weight excluding hydrogens is 198 g/mol. The Morgan fingerprint density at radius 3 is 2.25 bits per heavy atom. The second kappa shape index (κ2) is 5.26. The van der Waals surface area contributed by atoms with Crippen LogP contribution < -0.4 is 0 Å². The van der Waals surface area contributed by atoms with Gasteiger partial charge in [-0.05, 0) is 49.4 Å². The Bertz CT molecular complexity index is 336. The van der Waals surface area contributed by atoms with E-state index in [1.54, 1.807) is 0 Å². The monoisotopic (exact) mass is 217 g/mol. The second-order valence-corrected chi connectivity index (χ2v) is 4.59. The Hall–Kier alpha value is -1.15. The maximum Gasteiger partial charge on any atom is 0.0681 e. The SMILES string of the molecule is C=NC1CCC(c2ccc(CO)cc2)CC1. The van der Waals surface area contributed by atoms with E-state index in [2.05, 4.69) is 23.8 Å². The predicted molar refractivity (Wildman–Crippen MR) is 66.9 cm³/mol. The van der Waals surface area contributed by atoms with Gasteiger partial charge >= 0.3 is 0 Å². The molecule has 0 bridgehead atoms. The molecule has 2 rings (SSSR count). The first kappa shape index (κ1) is 11.3. The van der Waals surface area contributed by atoms with Crippen molar-refractivity contribution in [2.24, 2.45) is 4.99 Å². The Morgan fingerprint density at radius 2 is 1.75 bits per heavy atom. The van der Waals surface area contributed by atoms with Gasteiger partial charge in [-0.1, -0.05) is 24.3 Å². The molecule has 1 aromatic carbocycles. The van der Waals surface area contributed by atoms with Gasteiger partial charge in [-0.3, -0.25) is 4.99 Å². The van der Waals surface area contributed by atoms with Crippen molar-refractivity contribution in [2.75, 3.05) is 0 Å². The van der Waals surface area contributed by atoms with Gasteiger partial charge in [0.05, 0.1) is 6.61 Å². The molecule has 0 heterocycles. The lowest BCUT2D eigenvalue weighted by Crippen LogP contribution is -2.15. The molecule has 16 heavy (non-hydrogen) atoms. The topological polar surface area (TPSA) is 32.6 Å². The zero-order chi connectivity index (χ0) is 11.4. The normalized spacial score (nSPS) is 25.3. The van der Waals surface area contributed by atoms with Crippen LogP contribution in [0.5, 0.6) is 0 Å². The number of nitrogens with zero attached hydrogens (tertiary/aromatic N) is 1. The molecular formula is C14H19NO. The van der Waals surface area contributed by atoms with E-state index in [4.69, 9.17) is 5.11 Å². The van der Waals surface area contributed by atoms with Crippen LogP contribution in [0.4, 0.5) is 0 Å². The van der Waals surface area contributed by atoms with E-state index in [0.717, 1.165) is 18.4 Å². The third-order valence-corrected chi connectivity index (χ3v) is 3.59. The molecule has 86 valence electrons. The predicted octanol–water partition coefficient (Wildman–Crippen LogP) is 2.91. The zero-order valence-electron chi connectivity index (χ0n) is 9.60. The van der Waals surface area contributed by atoms with Crippen LogP contribution in [0.3, 0.4) is 0 Å². The molecule has 0 atom stereocenters. The number of benzene rings is 1. The second-order valence-electron chi connectivity index (χ2n) is 4.59. The number of hydrogen-bond donors (Lipinski definition) is 1. The van der Waals surface area contributed by atoms with E-state index in [0.29, 0.717) is 12.0 Å². The summed E-state index contributed by atoms with van der Waals surface area (Å²) in [5, 5.41) is 8.99. The standard InChI is InChI=1S/C14H19NO/c1-15-14-8-6-13(7-9-14)12-4-2-11(10-16)3-5-12/h2-5,13-14,16H,1,6-10H2. The lowest BCUT2D eigenvalue weighted by molar-refractivity contribution is 0.282. The van der Waals surface area contributed by atoms with Gasteiger partial charge in [-0.2, -0.15) is 0 Å². The largest absolute Gasteiger partial charge is 0.392 e. The molecule has 0 aliphatic heterocycles. The molecule has 0 aromatic heterocycles. The summed E-state index contributed by atoms with van der Waals surface area (Å²) in [5.74, 6) is 0.672. The molecule has 2 nitrogen and oxygen atoms in total. The average Bonchev–Trinajstić information content (AvgIpc) is 2.39. The zero-order valence-corrected chi connectivity index (χ0v) is 9.60. The summed E-state index contributed by atoms with van der Waals surface area (Å²) in [6.07, 6.45) is 4.75. The van der Waals surface area contributed by atoms with Crippen LogP contribution in [0, 0.1) is 0 Å². The first-order chi connectivity index (χ1) is 7.83. The van der Waals surface area contributed by atoms with Crippen molar-refractivity contribution in [3.05, 3.63) is 35.4 Å². The molecule has 1 aliphatic rings. The summed E-state index contributed by atoms with van der Waals surface area (Å²) in [4.78, 5) is 4.12. The van der Waals surface area contributed by atoms with Gasteiger partial charge in [-0.25, -0.2) is 0 Å². The Morgan fingerprint density at radius 1 is 1.12 bits per heavy atom. The maximum absolute atomic E-state index is 8.99. The summed E-state index contributed by atoms with van der Waals surface area (Å²) in [7, 11) is 0. The van der Waals surface area contributed by atoms with Crippen molar-refractivity contribution in [3.8, 4) is 0 Å². The summed E-state index contributed by atoms with van der Waals surface area (Å²) in [6.45, 7) is 3.76. The van der Waals surface area contributed by atoms with E-state index in [-0.39, 0.29) is 6.61 Å². The van der Waals surface area contributed by atoms with Crippen LogP contribution in [0.25, 0.3) is 0 Å². The fourth-order valence-corrected chi connectivity index (χ4v) is 2.49. The fourth-order valence-electron chi connectivity index (χ4n) is 2.49. The van der Waals surface area contributed by atoms with Crippen molar-refractivity contribution in [3.63, 3.8) is 0 Å². The smallest absolute Gasteiger partial charge is 0.0681 e. The average molecular weight is 217 g/mol. The Balaban J connectivity index is 1.99. The molecule has 1 aromatic rings. The molecule has 2 heteroatoms. The quantitative estimate of drug-likeness (QED) is 0.776. The van der Waals surface area contributed by atoms with Crippen molar-refractivity contribution in [1.82, 2.24) is 0 Å². The van der Waals surface area contributed by atoms with Gasteiger partial charge in [0.1, 0.15) is 0 Å². The van der Waals surface area contributed by atoms with Crippen molar-refractivity contribution in [2.45, 2.75) is 44.2 Å². The molecule has 1 saturated carbocycles. The van der Waals surface area contributed by atoms with Gasteiger partial charge in [0.2, 0.25) is 0 Å². The minimum absolute atomic E-state index is 0.132. The minimum atomic E-state index is 0.132. The highest BCUT2D eigenvalue weighted by atomic mass is 16.3. The maximum atomic E-state index is 8.99. The van der Waals surface area contributed by atoms with E-state index >= 15 is 0 Å². The van der Waals surface area contributed by atoms with Gasteiger partial charge in [-0.15, -0.1) is 0 Å². The molecule has 0 saturated heterocycles. The summed E-state index contributed by atoms with van der Waals surface area (Å²) in [6, 6.07) is 8.82. The van der Waals surface area contributed by atoms with Crippen molar-refractivity contribution >= 4 is 6.72 Å². The van der Waals surface area contributed by atoms with Crippen LogP contribution in [0.1, 0.15) is 42.7 Å². The lowest BCUT2D eigenvalue weighted by atomic mass is 9.82. The number of aliphatic hydroxyl groups excluding tert-OH is 1. The van der Waals surface area contributed by atoms with Crippen LogP contribution in [-0.2, 0) is 6.61 Å². The molecule has 1 fully saturated rings. The van der Waals surface area contributed by atoms with E-state index in [9.17, 15) is 0 Å². The third-order valence-electron chi connectivity index (χ3n) is 3.59.